The molecule has 1 aliphatic rings. The lowest BCUT2D eigenvalue weighted by Crippen LogP contribution is -2.42. The normalized spacial score (nSPS) is 23.1. The summed E-state index contributed by atoms with van der Waals surface area (Å²) in [4.78, 5) is 2.43. The Labute approximate surface area is 123 Å². The van der Waals surface area contributed by atoms with Crippen molar-refractivity contribution in [3.63, 3.8) is 0 Å². The fraction of sp³-hybridized carbons (Fsp3) is 0.647. The van der Waals surface area contributed by atoms with Gasteiger partial charge in [-0.15, -0.1) is 0 Å². The third kappa shape index (κ3) is 3.74. The third-order valence-electron chi connectivity index (χ3n) is 4.18. The molecule has 1 fully saturated rings. The highest BCUT2D eigenvalue weighted by Crippen LogP contribution is 2.27. The van der Waals surface area contributed by atoms with Crippen LogP contribution in [0.4, 0.5) is 5.69 Å². The maximum atomic E-state index is 9.89. The molecule has 3 heteroatoms. The van der Waals surface area contributed by atoms with Crippen molar-refractivity contribution in [1.29, 1.82) is 0 Å². The maximum absolute atomic E-state index is 9.89. The van der Waals surface area contributed by atoms with Crippen LogP contribution < -0.4 is 10.2 Å². The second-order valence-electron chi connectivity index (χ2n) is 6.09. The number of nitrogens with zero attached hydrogens (tertiary/aromatic N) is 1. The first-order chi connectivity index (χ1) is 9.61. The molecule has 1 aliphatic heterocycles. The average Bonchev–Trinajstić information content (AvgIpc) is 2.43. The molecule has 1 heterocycles. The SMILES string of the molecule is CCCNCc1cc(C)ccc1N1CCC(O)C(C)C1. The lowest BCUT2D eigenvalue weighted by molar-refractivity contribution is 0.0970. The molecule has 2 rings (SSSR count). The van der Waals surface area contributed by atoms with Crippen LogP contribution in [0.3, 0.4) is 0 Å². The van der Waals surface area contributed by atoms with Gasteiger partial charge in [0.1, 0.15) is 0 Å². The van der Waals surface area contributed by atoms with Gasteiger partial charge in [-0.1, -0.05) is 31.5 Å². The van der Waals surface area contributed by atoms with Crippen LogP contribution in [0, 0.1) is 12.8 Å². The first kappa shape index (κ1) is 15.3. The molecule has 2 unspecified atom stereocenters. The van der Waals surface area contributed by atoms with Crippen LogP contribution >= 0.6 is 0 Å². The molecule has 1 aromatic rings. The lowest BCUT2D eigenvalue weighted by Gasteiger charge is -2.37. The van der Waals surface area contributed by atoms with Gasteiger partial charge in [0.05, 0.1) is 6.10 Å². The van der Waals surface area contributed by atoms with E-state index in [-0.39, 0.29) is 6.10 Å². The standard InChI is InChI=1S/C17H28N2O/c1-4-8-18-11-15-10-13(2)5-6-16(15)19-9-7-17(20)14(3)12-19/h5-6,10,14,17-18,20H,4,7-9,11-12H2,1-3H3. The molecule has 0 bridgehead atoms. The maximum Gasteiger partial charge on any atom is 0.0599 e. The Bertz CT molecular complexity index is 433. The largest absolute Gasteiger partial charge is 0.393 e. The topological polar surface area (TPSA) is 35.5 Å². The number of piperidine rings is 1. The van der Waals surface area contributed by atoms with Crippen molar-refractivity contribution in [2.75, 3.05) is 24.5 Å². The Hall–Kier alpha value is -1.06. The van der Waals surface area contributed by atoms with E-state index >= 15 is 0 Å². The number of hydrogen-bond acceptors (Lipinski definition) is 3. The minimum Gasteiger partial charge on any atom is -0.393 e. The minimum absolute atomic E-state index is 0.140. The van der Waals surface area contributed by atoms with E-state index < -0.39 is 0 Å². The summed E-state index contributed by atoms with van der Waals surface area (Å²) >= 11 is 0. The molecule has 2 N–H and O–H groups in total. The molecule has 1 aromatic carbocycles. The van der Waals surface area contributed by atoms with E-state index in [2.05, 4.69) is 49.2 Å². The number of aryl methyl sites for hydroxylation is 1. The predicted molar refractivity (Wildman–Crippen MR) is 85.2 cm³/mol. The summed E-state index contributed by atoms with van der Waals surface area (Å²) in [7, 11) is 0. The van der Waals surface area contributed by atoms with Crippen LogP contribution in [0.1, 0.15) is 37.8 Å². The van der Waals surface area contributed by atoms with Gasteiger partial charge in [-0.25, -0.2) is 0 Å². The summed E-state index contributed by atoms with van der Waals surface area (Å²) in [6.07, 6.45) is 1.89. The van der Waals surface area contributed by atoms with Crippen LogP contribution in [-0.4, -0.2) is 30.8 Å². The van der Waals surface area contributed by atoms with Crippen molar-refractivity contribution < 1.29 is 5.11 Å². The fourth-order valence-electron chi connectivity index (χ4n) is 2.92. The highest BCUT2D eigenvalue weighted by molar-refractivity contribution is 5.55. The van der Waals surface area contributed by atoms with Crippen molar-refractivity contribution in [3.8, 4) is 0 Å². The zero-order valence-corrected chi connectivity index (χ0v) is 13.0. The number of aliphatic hydroxyl groups excluding tert-OH is 1. The van der Waals surface area contributed by atoms with E-state index in [0.717, 1.165) is 39.0 Å². The molecule has 3 nitrogen and oxygen atoms in total. The Kier molecular flexibility index (Phi) is 5.44. The van der Waals surface area contributed by atoms with Gasteiger partial charge in [0.25, 0.3) is 0 Å². The molecule has 1 saturated heterocycles. The summed E-state index contributed by atoms with van der Waals surface area (Å²) in [6, 6.07) is 6.71. The predicted octanol–water partition coefficient (Wildman–Crippen LogP) is 2.70. The van der Waals surface area contributed by atoms with E-state index in [4.69, 9.17) is 0 Å². The number of nitrogens with one attached hydrogen (secondary N) is 1. The highest BCUT2D eigenvalue weighted by atomic mass is 16.3. The van der Waals surface area contributed by atoms with Crippen LogP contribution in [0.25, 0.3) is 0 Å². The first-order valence-corrected chi connectivity index (χ1v) is 7.85. The van der Waals surface area contributed by atoms with Crippen LogP contribution in [-0.2, 0) is 6.54 Å². The summed E-state index contributed by atoms with van der Waals surface area (Å²) in [5.41, 5.74) is 4.02. The van der Waals surface area contributed by atoms with Gasteiger partial charge in [-0.2, -0.15) is 0 Å². The summed E-state index contributed by atoms with van der Waals surface area (Å²) in [5, 5.41) is 13.4. The Balaban J connectivity index is 2.13. The second kappa shape index (κ2) is 7.09. The third-order valence-corrected chi connectivity index (χ3v) is 4.18. The molecule has 0 saturated carbocycles. The van der Waals surface area contributed by atoms with Gasteiger partial charge >= 0.3 is 0 Å². The minimum atomic E-state index is -0.140. The van der Waals surface area contributed by atoms with Crippen molar-refractivity contribution >= 4 is 5.69 Å². The van der Waals surface area contributed by atoms with Gasteiger partial charge in [0.15, 0.2) is 0 Å². The van der Waals surface area contributed by atoms with Crippen molar-refractivity contribution in [1.82, 2.24) is 5.32 Å². The van der Waals surface area contributed by atoms with E-state index in [1.54, 1.807) is 0 Å². The van der Waals surface area contributed by atoms with E-state index in [1.165, 1.54) is 16.8 Å². The highest BCUT2D eigenvalue weighted by Gasteiger charge is 2.25. The Morgan fingerprint density at radius 1 is 1.40 bits per heavy atom. The van der Waals surface area contributed by atoms with E-state index in [9.17, 15) is 5.11 Å². The molecule has 2 atom stereocenters. The van der Waals surface area contributed by atoms with Crippen molar-refractivity contribution in [3.05, 3.63) is 29.3 Å². The van der Waals surface area contributed by atoms with Gasteiger partial charge in [0.2, 0.25) is 0 Å². The number of benzene rings is 1. The van der Waals surface area contributed by atoms with E-state index in [1.807, 2.05) is 0 Å². The molecule has 112 valence electrons. The molecule has 0 amide bonds. The summed E-state index contributed by atoms with van der Waals surface area (Å²) in [6.45, 7) is 10.4. The number of rotatable bonds is 5. The quantitative estimate of drug-likeness (QED) is 0.812. The van der Waals surface area contributed by atoms with Crippen molar-refractivity contribution in [2.24, 2.45) is 5.92 Å². The zero-order valence-electron chi connectivity index (χ0n) is 13.0. The van der Waals surface area contributed by atoms with Gasteiger partial charge < -0.3 is 15.3 Å². The van der Waals surface area contributed by atoms with Gasteiger partial charge in [-0.05, 0) is 43.9 Å². The van der Waals surface area contributed by atoms with E-state index in [0.29, 0.717) is 5.92 Å². The molecule has 20 heavy (non-hydrogen) atoms. The molecule has 0 spiro atoms. The van der Waals surface area contributed by atoms with Crippen LogP contribution in [0.5, 0.6) is 0 Å². The molecule has 0 aliphatic carbocycles. The van der Waals surface area contributed by atoms with Gasteiger partial charge in [0, 0.05) is 25.3 Å². The van der Waals surface area contributed by atoms with Crippen LogP contribution in [0.15, 0.2) is 18.2 Å². The molecular weight excluding hydrogens is 248 g/mol. The zero-order chi connectivity index (χ0) is 14.5. The second-order valence-corrected chi connectivity index (χ2v) is 6.09. The average molecular weight is 276 g/mol. The van der Waals surface area contributed by atoms with Crippen LogP contribution in [0.2, 0.25) is 0 Å². The number of aliphatic hydroxyl groups is 1. The summed E-state index contributed by atoms with van der Waals surface area (Å²) < 4.78 is 0. The molecule has 0 aromatic heterocycles. The number of anilines is 1. The lowest BCUT2D eigenvalue weighted by atomic mass is 9.95. The van der Waals surface area contributed by atoms with Crippen molar-refractivity contribution in [2.45, 2.75) is 46.3 Å². The first-order valence-electron chi connectivity index (χ1n) is 7.85. The Morgan fingerprint density at radius 3 is 2.90 bits per heavy atom. The molecular formula is C17H28N2O. The fourth-order valence-corrected chi connectivity index (χ4v) is 2.92. The number of hydrogen-bond donors (Lipinski definition) is 2. The summed E-state index contributed by atoms with van der Waals surface area (Å²) in [5.74, 6) is 0.349. The Morgan fingerprint density at radius 2 is 2.20 bits per heavy atom. The molecule has 0 radical (unpaired) electrons. The van der Waals surface area contributed by atoms with Gasteiger partial charge in [-0.3, -0.25) is 0 Å². The smallest absolute Gasteiger partial charge is 0.0599 e. The monoisotopic (exact) mass is 276 g/mol.